The maximum Gasteiger partial charge on any atom is 0.311 e. The molecular formula is C16H14FNO3. The standard InChI is InChI=1S/C16H14FNO3/c17-13-5-1-3-11(9-13)7-8-15(19)21-14-6-2-4-12(10-14)16(18)20/h1-6,9-10H,7-8H2,(H2,18,20). The lowest BCUT2D eigenvalue weighted by Gasteiger charge is -2.05. The zero-order valence-electron chi connectivity index (χ0n) is 11.2. The Kier molecular flexibility index (Phi) is 4.66. The Morgan fingerprint density at radius 3 is 2.57 bits per heavy atom. The minimum absolute atomic E-state index is 0.115. The Morgan fingerprint density at radius 2 is 1.86 bits per heavy atom. The van der Waals surface area contributed by atoms with Crippen LogP contribution in [0, 0.1) is 5.82 Å². The number of amides is 1. The summed E-state index contributed by atoms with van der Waals surface area (Å²) in [7, 11) is 0. The molecule has 108 valence electrons. The summed E-state index contributed by atoms with van der Waals surface area (Å²) < 4.78 is 18.1. The second-order valence-electron chi connectivity index (χ2n) is 4.50. The highest BCUT2D eigenvalue weighted by molar-refractivity contribution is 5.93. The molecule has 2 aromatic rings. The van der Waals surface area contributed by atoms with Crippen molar-refractivity contribution in [3.8, 4) is 5.75 Å². The van der Waals surface area contributed by atoms with Crippen molar-refractivity contribution < 1.29 is 18.7 Å². The maximum absolute atomic E-state index is 13.0. The largest absolute Gasteiger partial charge is 0.426 e. The van der Waals surface area contributed by atoms with E-state index in [-0.39, 0.29) is 23.6 Å². The molecule has 2 rings (SSSR count). The average molecular weight is 287 g/mol. The first-order chi connectivity index (χ1) is 10.0. The van der Waals surface area contributed by atoms with E-state index in [1.54, 1.807) is 24.3 Å². The molecule has 0 heterocycles. The van der Waals surface area contributed by atoms with E-state index in [9.17, 15) is 14.0 Å². The molecule has 4 nitrogen and oxygen atoms in total. The Morgan fingerprint density at radius 1 is 1.10 bits per heavy atom. The van der Waals surface area contributed by atoms with E-state index in [0.717, 1.165) is 5.56 Å². The first kappa shape index (κ1) is 14.7. The summed E-state index contributed by atoms with van der Waals surface area (Å²) in [6, 6.07) is 12.1. The van der Waals surface area contributed by atoms with Gasteiger partial charge in [-0.2, -0.15) is 0 Å². The van der Waals surface area contributed by atoms with Crippen LogP contribution in [0.1, 0.15) is 22.3 Å². The fraction of sp³-hybridized carbons (Fsp3) is 0.125. The number of hydrogen-bond donors (Lipinski definition) is 1. The van der Waals surface area contributed by atoms with Gasteiger partial charge in [0.2, 0.25) is 5.91 Å². The highest BCUT2D eigenvalue weighted by Gasteiger charge is 2.08. The number of aryl methyl sites for hydroxylation is 1. The Bertz CT molecular complexity index is 670. The van der Waals surface area contributed by atoms with Crippen molar-refractivity contribution in [2.75, 3.05) is 0 Å². The molecule has 0 aliphatic rings. The lowest BCUT2D eigenvalue weighted by Crippen LogP contribution is -2.12. The van der Waals surface area contributed by atoms with Gasteiger partial charge in [-0.1, -0.05) is 18.2 Å². The number of carbonyl (C=O) groups excluding carboxylic acids is 2. The summed E-state index contributed by atoms with van der Waals surface area (Å²) in [6.07, 6.45) is 0.496. The van der Waals surface area contributed by atoms with Gasteiger partial charge in [0.15, 0.2) is 0 Å². The average Bonchev–Trinajstić information content (AvgIpc) is 2.45. The fourth-order valence-electron chi connectivity index (χ4n) is 1.83. The van der Waals surface area contributed by atoms with Crippen LogP contribution < -0.4 is 10.5 Å². The molecule has 1 amide bonds. The summed E-state index contributed by atoms with van der Waals surface area (Å²) in [5, 5.41) is 0. The highest BCUT2D eigenvalue weighted by atomic mass is 19.1. The summed E-state index contributed by atoms with van der Waals surface area (Å²) in [5.74, 6) is -1.13. The molecule has 0 radical (unpaired) electrons. The van der Waals surface area contributed by atoms with Crippen LogP contribution in [0.3, 0.4) is 0 Å². The summed E-state index contributed by atoms with van der Waals surface area (Å²) in [4.78, 5) is 22.7. The van der Waals surface area contributed by atoms with E-state index in [4.69, 9.17) is 10.5 Å². The Hall–Kier alpha value is -2.69. The zero-order chi connectivity index (χ0) is 15.2. The van der Waals surface area contributed by atoms with Crippen molar-refractivity contribution in [2.24, 2.45) is 5.73 Å². The third kappa shape index (κ3) is 4.42. The summed E-state index contributed by atoms with van der Waals surface area (Å²) >= 11 is 0. The normalized spacial score (nSPS) is 10.1. The molecule has 0 atom stereocenters. The van der Waals surface area contributed by atoms with Gasteiger partial charge in [-0.3, -0.25) is 9.59 Å². The summed E-state index contributed by atoms with van der Waals surface area (Å²) in [6.45, 7) is 0. The van der Waals surface area contributed by atoms with Gasteiger partial charge in [0.25, 0.3) is 0 Å². The third-order valence-electron chi connectivity index (χ3n) is 2.86. The van der Waals surface area contributed by atoms with Crippen molar-refractivity contribution in [3.63, 3.8) is 0 Å². The third-order valence-corrected chi connectivity index (χ3v) is 2.86. The monoisotopic (exact) mass is 287 g/mol. The van der Waals surface area contributed by atoms with Gasteiger partial charge >= 0.3 is 5.97 Å². The molecule has 2 N–H and O–H groups in total. The van der Waals surface area contributed by atoms with Gasteiger partial charge in [-0.05, 0) is 42.3 Å². The highest BCUT2D eigenvalue weighted by Crippen LogP contribution is 2.14. The van der Waals surface area contributed by atoms with E-state index in [2.05, 4.69) is 0 Å². The Balaban J connectivity index is 1.93. The second-order valence-corrected chi connectivity index (χ2v) is 4.50. The van der Waals surface area contributed by atoms with Gasteiger partial charge < -0.3 is 10.5 Å². The van der Waals surface area contributed by atoms with Crippen LogP contribution in [-0.2, 0) is 11.2 Å². The van der Waals surface area contributed by atoms with Crippen LogP contribution in [-0.4, -0.2) is 11.9 Å². The fourth-order valence-corrected chi connectivity index (χ4v) is 1.83. The van der Waals surface area contributed by atoms with Crippen LogP contribution in [0.25, 0.3) is 0 Å². The predicted molar refractivity (Wildman–Crippen MR) is 75.3 cm³/mol. The van der Waals surface area contributed by atoms with Crippen LogP contribution in [0.15, 0.2) is 48.5 Å². The van der Waals surface area contributed by atoms with Crippen LogP contribution >= 0.6 is 0 Å². The molecule has 0 spiro atoms. The number of esters is 1. The topological polar surface area (TPSA) is 69.4 Å². The van der Waals surface area contributed by atoms with E-state index in [1.807, 2.05) is 0 Å². The number of carbonyl (C=O) groups is 2. The molecule has 0 aromatic heterocycles. The molecular weight excluding hydrogens is 273 g/mol. The van der Waals surface area contributed by atoms with Gasteiger partial charge in [0, 0.05) is 12.0 Å². The van der Waals surface area contributed by atoms with Gasteiger partial charge in [0.05, 0.1) is 0 Å². The van der Waals surface area contributed by atoms with E-state index < -0.39 is 11.9 Å². The summed E-state index contributed by atoms with van der Waals surface area (Å²) in [5.41, 5.74) is 6.14. The molecule has 0 aliphatic heterocycles. The van der Waals surface area contributed by atoms with Crippen molar-refractivity contribution in [1.82, 2.24) is 0 Å². The number of ether oxygens (including phenoxy) is 1. The minimum Gasteiger partial charge on any atom is -0.426 e. The molecule has 21 heavy (non-hydrogen) atoms. The first-order valence-electron chi connectivity index (χ1n) is 6.39. The smallest absolute Gasteiger partial charge is 0.311 e. The van der Waals surface area contributed by atoms with E-state index in [0.29, 0.717) is 6.42 Å². The van der Waals surface area contributed by atoms with Crippen molar-refractivity contribution in [1.29, 1.82) is 0 Å². The lowest BCUT2D eigenvalue weighted by molar-refractivity contribution is -0.134. The molecule has 2 aromatic carbocycles. The van der Waals surface area contributed by atoms with Crippen molar-refractivity contribution in [3.05, 3.63) is 65.5 Å². The predicted octanol–water partition coefficient (Wildman–Crippen LogP) is 2.46. The minimum atomic E-state index is -0.590. The number of benzene rings is 2. The molecule has 0 unspecified atom stereocenters. The van der Waals surface area contributed by atoms with Crippen LogP contribution in [0.2, 0.25) is 0 Å². The molecule has 0 bridgehead atoms. The van der Waals surface area contributed by atoms with E-state index >= 15 is 0 Å². The van der Waals surface area contributed by atoms with Crippen molar-refractivity contribution in [2.45, 2.75) is 12.8 Å². The number of rotatable bonds is 5. The van der Waals surface area contributed by atoms with Gasteiger partial charge in [0.1, 0.15) is 11.6 Å². The number of nitrogens with two attached hydrogens (primary N) is 1. The van der Waals surface area contributed by atoms with E-state index in [1.165, 1.54) is 24.3 Å². The SMILES string of the molecule is NC(=O)c1cccc(OC(=O)CCc2cccc(F)c2)c1. The lowest BCUT2D eigenvalue weighted by atomic mass is 10.1. The quantitative estimate of drug-likeness (QED) is 0.678. The van der Waals surface area contributed by atoms with Crippen LogP contribution in [0.4, 0.5) is 4.39 Å². The molecule has 5 heteroatoms. The van der Waals surface area contributed by atoms with Gasteiger partial charge in [-0.15, -0.1) is 0 Å². The first-order valence-corrected chi connectivity index (χ1v) is 6.39. The molecule has 0 aliphatic carbocycles. The Labute approximate surface area is 121 Å². The van der Waals surface area contributed by atoms with Crippen molar-refractivity contribution >= 4 is 11.9 Å². The molecule has 0 fully saturated rings. The van der Waals surface area contributed by atoms with Gasteiger partial charge in [-0.25, -0.2) is 4.39 Å². The number of halogens is 1. The second kappa shape index (κ2) is 6.65. The molecule has 0 saturated carbocycles. The number of primary amides is 1. The number of hydrogen-bond acceptors (Lipinski definition) is 3. The maximum atomic E-state index is 13.0. The zero-order valence-corrected chi connectivity index (χ0v) is 11.2. The molecule has 0 saturated heterocycles. The van der Waals surface area contributed by atoms with Crippen LogP contribution in [0.5, 0.6) is 5.75 Å².